The third kappa shape index (κ3) is 2.14. The second kappa shape index (κ2) is 3.27. The molecule has 1 aromatic heterocycles. The molecule has 0 atom stereocenters. The first-order valence-corrected chi connectivity index (χ1v) is 3.22. The van der Waals surface area contributed by atoms with Gasteiger partial charge in [0, 0.05) is 6.07 Å². The lowest BCUT2D eigenvalue weighted by Gasteiger charge is -1.84. The zero-order chi connectivity index (χ0) is 8.27. The Bertz CT molecular complexity index is 257. The number of nitrogens with zero attached hydrogens (tertiary/aromatic N) is 1. The molecule has 0 unspecified atom stereocenters. The van der Waals surface area contributed by atoms with Crippen molar-refractivity contribution in [2.24, 2.45) is 0 Å². The van der Waals surface area contributed by atoms with Crippen LogP contribution < -0.4 is 0 Å². The van der Waals surface area contributed by atoms with Crippen LogP contribution in [-0.4, -0.2) is 10.9 Å². The fourth-order valence-electron chi connectivity index (χ4n) is 0.747. The van der Waals surface area contributed by atoms with Crippen molar-refractivity contribution in [2.45, 2.75) is 20.0 Å². The Morgan fingerprint density at radius 1 is 1.82 bits per heavy atom. The topological polar surface area (TPSA) is 43.1 Å². The van der Waals surface area contributed by atoms with Crippen molar-refractivity contribution in [3.05, 3.63) is 17.5 Å². The van der Waals surface area contributed by atoms with Gasteiger partial charge in [0.2, 0.25) is 0 Å². The van der Waals surface area contributed by atoms with E-state index in [2.05, 4.69) is 9.68 Å². The zero-order valence-corrected chi connectivity index (χ0v) is 6.13. The van der Waals surface area contributed by atoms with Crippen LogP contribution in [0.15, 0.2) is 10.6 Å². The molecule has 0 aliphatic rings. The Morgan fingerprint density at radius 2 is 2.55 bits per heavy atom. The molecule has 0 spiro atoms. The van der Waals surface area contributed by atoms with Crippen LogP contribution in [0, 0.1) is 0 Å². The minimum atomic E-state index is -0.651. The number of halogens is 1. The highest BCUT2D eigenvalue weighted by molar-refractivity contribution is 5.77. The smallest absolute Gasteiger partial charge is 0.144 e. The van der Waals surface area contributed by atoms with Crippen LogP contribution >= 0.6 is 0 Å². The molecule has 1 heterocycles. The summed E-state index contributed by atoms with van der Waals surface area (Å²) in [4.78, 5) is 10.5. The number of carbonyl (C=O) groups excluding carboxylic acids is 1. The van der Waals surface area contributed by atoms with Crippen molar-refractivity contribution >= 4 is 5.78 Å². The summed E-state index contributed by atoms with van der Waals surface area (Å²) in [6.07, 6.45) is 0.188. The van der Waals surface area contributed by atoms with Gasteiger partial charge in [0.05, 0.1) is 6.42 Å². The van der Waals surface area contributed by atoms with Gasteiger partial charge < -0.3 is 4.52 Å². The number of rotatable bonds is 3. The number of alkyl halides is 1. The third-order valence-corrected chi connectivity index (χ3v) is 1.17. The van der Waals surface area contributed by atoms with Gasteiger partial charge in [-0.25, -0.2) is 4.39 Å². The van der Waals surface area contributed by atoms with E-state index in [0.717, 1.165) is 0 Å². The van der Waals surface area contributed by atoms with E-state index in [1.807, 2.05) is 0 Å². The quantitative estimate of drug-likeness (QED) is 0.663. The predicted octanol–water partition coefficient (Wildman–Crippen LogP) is 1.28. The summed E-state index contributed by atoms with van der Waals surface area (Å²) >= 11 is 0. The molecule has 0 amide bonds. The molecule has 60 valence electrons. The number of ketones is 1. The number of carbonyl (C=O) groups is 1. The van der Waals surface area contributed by atoms with Gasteiger partial charge in [-0.15, -0.1) is 0 Å². The third-order valence-electron chi connectivity index (χ3n) is 1.17. The Labute approximate surface area is 63.2 Å². The second-order valence-electron chi connectivity index (χ2n) is 2.30. The highest BCUT2D eigenvalue weighted by atomic mass is 19.1. The average molecular weight is 157 g/mol. The van der Waals surface area contributed by atoms with E-state index in [1.54, 1.807) is 0 Å². The van der Waals surface area contributed by atoms with E-state index < -0.39 is 6.67 Å². The van der Waals surface area contributed by atoms with Crippen LogP contribution in [0.5, 0.6) is 0 Å². The lowest BCUT2D eigenvalue weighted by atomic mass is 10.2. The molecule has 0 saturated carbocycles. The summed E-state index contributed by atoms with van der Waals surface area (Å²) in [6, 6.07) is 1.45. The van der Waals surface area contributed by atoms with Crippen molar-refractivity contribution in [1.82, 2.24) is 5.16 Å². The lowest BCUT2D eigenvalue weighted by Crippen LogP contribution is -1.93. The van der Waals surface area contributed by atoms with E-state index in [0.29, 0.717) is 5.76 Å². The fourth-order valence-corrected chi connectivity index (χ4v) is 0.747. The van der Waals surface area contributed by atoms with Gasteiger partial charge in [-0.1, -0.05) is 5.16 Å². The van der Waals surface area contributed by atoms with Gasteiger partial charge in [-0.3, -0.25) is 4.79 Å². The maximum atomic E-state index is 11.9. The molecule has 0 saturated heterocycles. The largest absolute Gasteiger partial charge is 0.361 e. The van der Waals surface area contributed by atoms with Crippen molar-refractivity contribution < 1.29 is 13.7 Å². The van der Waals surface area contributed by atoms with Crippen LogP contribution in [0.3, 0.4) is 0 Å². The van der Waals surface area contributed by atoms with Crippen molar-refractivity contribution in [2.75, 3.05) is 0 Å². The number of hydrogen-bond acceptors (Lipinski definition) is 3. The van der Waals surface area contributed by atoms with E-state index in [1.165, 1.54) is 13.0 Å². The van der Waals surface area contributed by atoms with Gasteiger partial charge in [0.25, 0.3) is 0 Å². The van der Waals surface area contributed by atoms with Crippen LogP contribution in [-0.2, 0) is 17.9 Å². The molecule has 0 radical (unpaired) electrons. The molecular formula is C7H8FNO2. The van der Waals surface area contributed by atoms with Crippen molar-refractivity contribution in [3.8, 4) is 0 Å². The van der Waals surface area contributed by atoms with Crippen LogP contribution in [0.1, 0.15) is 18.4 Å². The molecule has 11 heavy (non-hydrogen) atoms. The number of Topliss-reactive ketones (excluding diaryl/α,β-unsaturated/α-hetero) is 1. The molecule has 0 aromatic carbocycles. The van der Waals surface area contributed by atoms with Gasteiger partial charge in [-0.2, -0.15) is 0 Å². The van der Waals surface area contributed by atoms with Crippen molar-refractivity contribution in [3.63, 3.8) is 0 Å². The minimum Gasteiger partial charge on any atom is -0.361 e. The molecule has 1 aromatic rings. The Morgan fingerprint density at radius 3 is 3.00 bits per heavy atom. The standard InChI is InChI=1S/C7H8FNO2/c1-5(10)2-7-3-6(4-8)9-11-7/h3H,2,4H2,1H3. The molecule has 3 nitrogen and oxygen atoms in total. The molecule has 1 rings (SSSR count). The van der Waals surface area contributed by atoms with E-state index in [9.17, 15) is 9.18 Å². The van der Waals surface area contributed by atoms with Crippen LogP contribution in [0.2, 0.25) is 0 Å². The summed E-state index contributed by atoms with van der Waals surface area (Å²) in [5.41, 5.74) is 0.237. The number of aromatic nitrogens is 1. The van der Waals surface area contributed by atoms with Gasteiger partial charge in [0.15, 0.2) is 0 Å². The lowest BCUT2D eigenvalue weighted by molar-refractivity contribution is -0.116. The van der Waals surface area contributed by atoms with E-state index >= 15 is 0 Å². The summed E-state index contributed by atoms with van der Waals surface area (Å²) in [6.45, 7) is 0.791. The molecule has 0 aliphatic carbocycles. The SMILES string of the molecule is CC(=O)Cc1cc(CF)no1. The van der Waals surface area contributed by atoms with Gasteiger partial charge in [0.1, 0.15) is 23.9 Å². The fraction of sp³-hybridized carbons (Fsp3) is 0.429. The monoisotopic (exact) mass is 157 g/mol. The minimum absolute atomic E-state index is 0.0217. The first kappa shape index (κ1) is 7.91. The van der Waals surface area contributed by atoms with Gasteiger partial charge in [-0.05, 0) is 6.92 Å². The summed E-state index contributed by atoms with van der Waals surface area (Å²) < 4.78 is 16.5. The molecule has 0 aliphatic heterocycles. The molecule has 0 bridgehead atoms. The Hall–Kier alpha value is -1.19. The highest BCUT2D eigenvalue weighted by Gasteiger charge is 2.05. The first-order chi connectivity index (χ1) is 5.22. The predicted molar refractivity (Wildman–Crippen MR) is 35.7 cm³/mol. The van der Waals surface area contributed by atoms with E-state index in [4.69, 9.17) is 0 Å². The maximum Gasteiger partial charge on any atom is 0.144 e. The second-order valence-corrected chi connectivity index (χ2v) is 2.30. The first-order valence-electron chi connectivity index (χ1n) is 3.22. The van der Waals surface area contributed by atoms with Crippen molar-refractivity contribution in [1.29, 1.82) is 0 Å². The van der Waals surface area contributed by atoms with Gasteiger partial charge >= 0.3 is 0 Å². The summed E-state index contributed by atoms with van der Waals surface area (Å²) in [7, 11) is 0. The number of hydrogen-bond donors (Lipinski definition) is 0. The Kier molecular flexibility index (Phi) is 2.36. The molecule has 0 fully saturated rings. The zero-order valence-electron chi connectivity index (χ0n) is 6.13. The Balaban J connectivity index is 2.65. The maximum absolute atomic E-state index is 11.9. The molecule has 4 heteroatoms. The average Bonchev–Trinajstić information content (AvgIpc) is 2.34. The summed E-state index contributed by atoms with van der Waals surface area (Å²) in [5.74, 6) is 0.400. The van der Waals surface area contributed by atoms with E-state index in [-0.39, 0.29) is 17.9 Å². The highest BCUT2D eigenvalue weighted by Crippen LogP contribution is 2.05. The molecule has 0 N–H and O–H groups in total. The van der Waals surface area contributed by atoms with Crippen LogP contribution in [0.4, 0.5) is 4.39 Å². The molecular weight excluding hydrogens is 149 g/mol. The normalized spacial score (nSPS) is 10.0. The summed E-state index contributed by atoms with van der Waals surface area (Å²) in [5, 5.41) is 3.39. The van der Waals surface area contributed by atoms with Crippen LogP contribution in [0.25, 0.3) is 0 Å².